The van der Waals surface area contributed by atoms with Crippen LogP contribution >= 0.6 is 0 Å². The van der Waals surface area contributed by atoms with E-state index in [-0.39, 0.29) is 5.97 Å². The van der Waals surface area contributed by atoms with Crippen LogP contribution in [0.2, 0.25) is 0 Å². The standard InChI is InChI=1S/C19H24O2/c1-3-19(20)21-14-18(16-11-7-5-8-12-16)17-13-9-4-6-10-15(17)2/h5,7-9,11,13H,3-4,6,10,12,14H2,1-2H3/b18-16-. The summed E-state index contributed by atoms with van der Waals surface area (Å²) in [5.74, 6) is -0.140. The van der Waals surface area contributed by atoms with Crippen molar-refractivity contribution in [2.24, 2.45) is 0 Å². The number of carbonyl (C=O) groups excluding carboxylic acids is 1. The summed E-state index contributed by atoms with van der Waals surface area (Å²) in [5, 5.41) is 0. The molecule has 112 valence electrons. The van der Waals surface area contributed by atoms with E-state index in [9.17, 15) is 4.79 Å². The number of hydrogen-bond donors (Lipinski definition) is 0. The van der Waals surface area contributed by atoms with Crippen molar-refractivity contribution in [3.63, 3.8) is 0 Å². The lowest BCUT2D eigenvalue weighted by Gasteiger charge is -2.17. The van der Waals surface area contributed by atoms with E-state index in [1.54, 1.807) is 0 Å². The Morgan fingerprint density at radius 1 is 1.24 bits per heavy atom. The first-order chi connectivity index (χ1) is 10.2. The van der Waals surface area contributed by atoms with Crippen molar-refractivity contribution in [2.75, 3.05) is 6.61 Å². The molecule has 0 fully saturated rings. The second kappa shape index (κ2) is 7.82. The third kappa shape index (κ3) is 4.32. The van der Waals surface area contributed by atoms with Gasteiger partial charge >= 0.3 is 5.97 Å². The summed E-state index contributed by atoms with van der Waals surface area (Å²) < 4.78 is 5.43. The normalized spacial score (nSPS) is 20.5. The van der Waals surface area contributed by atoms with E-state index in [1.807, 2.05) is 6.92 Å². The minimum absolute atomic E-state index is 0.140. The molecule has 21 heavy (non-hydrogen) atoms. The van der Waals surface area contributed by atoms with Gasteiger partial charge in [0.05, 0.1) is 0 Å². The highest BCUT2D eigenvalue weighted by Gasteiger charge is 2.15. The fourth-order valence-electron chi connectivity index (χ4n) is 2.66. The van der Waals surface area contributed by atoms with Crippen molar-refractivity contribution >= 4 is 5.97 Å². The number of ether oxygens (including phenoxy) is 1. The fourth-order valence-corrected chi connectivity index (χ4v) is 2.66. The van der Waals surface area contributed by atoms with E-state index < -0.39 is 0 Å². The Labute approximate surface area is 127 Å². The van der Waals surface area contributed by atoms with Crippen molar-refractivity contribution in [1.82, 2.24) is 0 Å². The first kappa shape index (κ1) is 15.6. The van der Waals surface area contributed by atoms with Crippen LogP contribution in [-0.2, 0) is 9.53 Å². The van der Waals surface area contributed by atoms with Gasteiger partial charge in [0.25, 0.3) is 0 Å². The van der Waals surface area contributed by atoms with Gasteiger partial charge < -0.3 is 4.74 Å². The van der Waals surface area contributed by atoms with Crippen LogP contribution in [0.1, 0.15) is 46.0 Å². The second-order valence-corrected chi connectivity index (χ2v) is 5.50. The van der Waals surface area contributed by atoms with Gasteiger partial charge in [-0.15, -0.1) is 0 Å². The lowest BCUT2D eigenvalue weighted by atomic mass is 9.92. The van der Waals surface area contributed by atoms with Crippen LogP contribution in [-0.4, -0.2) is 12.6 Å². The molecule has 2 heteroatoms. The minimum atomic E-state index is -0.140. The molecule has 2 nitrogen and oxygen atoms in total. The summed E-state index contributed by atoms with van der Waals surface area (Å²) in [5.41, 5.74) is 5.06. The summed E-state index contributed by atoms with van der Waals surface area (Å²) >= 11 is 0. The summed E-state index contributed by atoms with van der Waals surface area (Å²) in [4.78, 5) is 11.5. The monoisotopic (exact) mass is 284 g/mol. The fraction of sp³-hybridized carbons (Fsp3) is 0.421. The van der Waals surface area contributed by atoms with Gasteiger partial charge in [-0.05, 0) is 43.8 Å². The molecule has 0 aromatic heterocycles. The Balaban J connectivity index is 2.33. The van der Waals surface area contributed by atoms with E-state index in [4.69, 9.17) is 4.74 Å². The molecule has 0 saturated carbocycles. The van der Waals surface area contributed by atoms with Crippen LogP contribution in [0.15, 0.2) is 58.7 Å². The van der Waals surface area contributed by atoms with Crippen molar-refractivity contribution in [2.45, 2.75) is 46.0 Å². The van der Waals surface area contributed by atoms with Crippen molar-refractivity contribution in [3.8, 4) is 0 Å². The zero-order valence-corrected chi connectivity index (χ0v) is 13.0. The molecule has 0 atom stereocenters. The molecule has 0 N–H and O–H groups in total. The minimum Gasteiger partial charge on any atom is -0.461 e. The third-order valence-corrected chi connectivity index (χ3v) is 3.93. The topological polar surface area (TPSA) is 26.3 Å². The summed E-state index contributed by atoms with van der Waals surface area (Å²) in [6.45, 7) is 4.39. The maximum atomic E-state index is 11.5. The molecule has 2 aliphatic carbocycles. The van der Waals surface area contributed by atoms with Crippen LogP contribution in [0.5, 0.6) is 0 Å². The molecule has 0 saturated heterocycles. The molecule has 0 spiro atoms. The smallest absolute Gasteiger partial charge is 0.305 e. The Morgan fingerprint density at radius 2 is 2.10 bits per heavy atom. The molecule has 2 rings (SSSR count). The SMILES string of the molecule is CCC(=O)OC/C(C1=C(C)CCCC=C1)=C1\C=CC=CC1. The van der Waals surface area contributed by atoms with E-state index >= 15 is 0 Å². The Bertz CT molecular complexity index is 542. The van der Waals surface area contributed by atoms with Crippen molar-refractivity contribution in [1.29, 1.82) is 0 Å². The van der Waals surface area contributed by atoms with Crippen LogP contribution in [0.4, 0.5) is 0 Å². The maximum absolute atomic E-state index is 11.5. The molecule has 0 aliphatic heterocycles. The van der Waals surface area contributed by atoms with Gasteiger partial charge in [-0.1, -0.05) is 49.0 Å². The van der Waals surface area contributed by atoms with Gasteiger partial charge in [0.2, 0.25) is 0 Å². The first-order valence-corrected chi connectivity index (χ1v) is 7.80. The van der Waals surface area contributed by atoms with Crippen LogP contribution < -0.4 is 0 Å². The van der Waals surface area contributed by atoms with E-state index in [2.05, 4.69) is 43.4 Å². The molecular weight excluding hydrogens is 260 g/mol. The molecule has 0 unspecified atom stereocenters. The highest BCUT2D eigenvalue weighted by atomic mass is 16.5. The van der Waals surface area contributed by atoms with Crippen molar-refractivity contribution in [3.05, 3.63) is 58.7 Å². The molecule has 0 amide bonds. The third-order valence-electron chi connectivity index (χ3n) is 3.93. The highest BCUT2D eigenvalue weighted by Crippen LogP contribution is 2.29. The second-order valence-electron chi connectivity index (χ2n) is 5.50. The molecule has 0 radical (unpaired) electrons. The maximum Gasteiger partial charge on any atom is 0.305 e. The number of hydrogen-bond acceptors (Lipinski definition) is 2. The van der Waals surface area contributed by atoms with E-state index in [1.165, 1.54) is 23.1 Å². The van der Waals surface area contributed by atoms with Crippen molar-refractivity contribution < 1.29 is 9.53 Å². The number of carbonyl (C=O) groups is 1. The average Bonchev–Trinajstić information content (AvgIpc) is 2.73. The Morgan fingerprint density at radius 3 is 2.81 bits per heavy atom. The van der Waals surface area contributed by atoms with Gasteiger partial charge in [-0.2, -0.15) is 0 Å². The summed E-state index contributed by atoms with van der Waals surface area (Å²) in [6, 6.07) is 0. The molecule has 0 aromatic rings. The van der Waals surface area contributed by atoms with Gasteiger partial charge in [0.1, 0.15) is 6.61 Å². The average molecular weight is 284 g/mol. The Kier molecular flexibility index (Phi) is 5.79. The number of rotatable bonds is 4. The van der Waals surface area contributed by atoms with Crippen LogP contribution in [0.3, 0.4) is 0 Å². The van der Waals surface area contributed by atoms with Gasteiger partial charge in [0.15, 0.2) is 0 Å². The zero-order chi connectivity index (χ0) is 15.1. The lowest BCUT2D eigenvalue weighted by molar-refractivity contribution is -0.142. The van der Waals surface area contributed by atoms with E-state index in [0.29, 0.717) is 13.0 Å². The predicted octanol–water partition coefficient (Wildman–Crippen LogP) is 4.81. The molecule has 2 aliphatic rings. The van der Waals surface area contributed by atoms with Crippen LogP contribution in [0, 0.1) is 0 Å². The molecule has 0 bridgehead atoms. The Hall–Kier alpha value is -1.83. The number of esters is 1. The highest BCUT2D eigenvalue weighted by molar-refractivity contribution is 5.69. The zero-order valence-electron chi connectivity index (χ0n) is 13.0. The van der Waals surface area contributed by atoms with Gasteiger partial charge in [0, 0.05) is 12.0 Å². The summed E-state index contributed by atoms with van der Waals surface area (Å²) in [6.07, 6.45) is 17.6. The number of allylic oxidation sites excluding steroid dienone is 8. The largest absolute Gasteiger partial charge is 0.461 e. The first-order valence-electron chi connectivity index (χ1n) is 7.80. The lowest BCUT2D eigenvalue weighted by Crippen LogP contribution is -2.10. The quantitative estimate of drug-likeness (QED) is 0.692. The van der Waals surface area contributed by atoms with Crippen LogP contribution in [0.25, 0.3) is 0 Å². The summed E-state index contributed by atoms with van der Waals surface area (Å²) in [7, 11) is 0. The van der Waals surface area contributed by atoms with Gasteiger partial charge in [-0.3, -0.25) is 4.79 Å². The molecular formula is C19H24O2. The van der Waals surface area contributed by atoms with Gasteiger partial charge in [-0.25, -0.2) is 0 Å². The predicted molar refractivity (Wildman–Crippen MR) is 86.9 cm³/mol. The van der Waals surface area contributed by atoms with E-state index in [0.717, 1.165) is 24.8 Å². The molecule has 0 heterocycles. The molecule has 0 aromatic carbocycles.